The monoisotopic (exact) mass is 511 g/mol. The molecule has 0 spiro atoms. The van der Waals surface area contributed by atoms with Crippen LogP contribution in [0.2, 0.25) is 0 Å². The molecule has 1 fully saturated rings. The smallest absolute Gasteiger partial charge is 0.339 e. The average molecular weight is 512 g/mol. The van der Waals surface area contributed by atoms with Gasteiger partial charge in [-0.05, 0) is 72.9 Å². The van der Waals surface area contributed by atoms with E-state index in [0.717, 1.165) is 17.1 Å². The summed E-state index contributed by atoms with van der Waals surface area (Å²) in [5, 5.41) is 6.79. The minimum absolute atomic E-state index is 0.138. The Kier molecular flexibility index (Phi) is 6.70. The zero-order valence-electron chi connectivity index (χ0n) is 20.3. The lowest BCUT2D eigenvalue weighted by Gasteiger charge is -2.29. The number of ether oxygens (including phenoxy) is 1. The minimum Gasteiger partial charge on any atom is -0.465 e. The number of carbonyl (C=O) groups excluding carboxylic acids is 2. The summed E-state index contributed by atoms with van der Waals surface area (Å²) >= 11 is 5.83. The number of carbonyl (C=O) groups is 2. The Morgan fingerprint density at radius 1 is 1.00 bits per heavy atom. The zero-order chi connectivity index (χ0) is 25.9. The summed E-state index contributed by atoms with van der Waals surface area (Å²) in [6, 6.07) is 24.0. The predicted octanol–water partition coefficient (Wildman–Crippen LogP) is 4.79. The molecule has 5 rings (SSSR count). The maximum absolute atomic E-state index is 12.6. The molecule has 0 saturated carbocycles. The normalized spacial score (nSPS) is 16.8. The van der Waals surface area contributed by atoms with Gasteiger partial charge in [-0.1, -0.05) is 18.2 Å². The van der Waals surface area contributed by atoms with Gasteiger partial charge in [-0.3, -0.25) is 9.78 Å². The molecule has 186 valence electrons. The van der Waals surface area contributed by atoms with Crippen LogP contribution in [0.25, 0.3) is 5.69 Å². The highest BCUT2D eigenvalue weighted by Crippen LogP contribution is 2.42. The van der Waals surface area contributed by atoms with Crippen molar-refractivity contribution in [2.75, 3.05) is 17.3 Å². The molecule has 8 nitrogen and oxygen atoms in total. The third-order valence-electron chi connectivity index (χ3n) is 6.22. The van der Waals surface area contributed by atoms with E-state index >= 15 is 0 Å². The number of pyridine rings is 1. The molecule has 0 radical (unpaired) electrons. The highest BCUT2D eigenvalue weighted by Gasteiger charge is 2.42. The lowest BCUT2D eigenvalue weighted by atomic mass is 10.0. The lowest BCUT2D eigenvalue weighted by molar-refractivity contribution is -0.114. The number of hydrogen-bond donors (Lipinski definition) is 2. The van der Waals surface area contributed by atoms with Crippen LogP contribution < -0.4 is 15.5 Å². The Morgan fingerprint density at radius 2 is 1.76 bits per heavy atom. The highest BCUT2D eigenvalue weighted by atomic mass is 32.1. The van der Waals surface area contributed by atoms with Gasteiger partial charge >= 0.3 is 5.97 Å². The molecule has 0 unspecified atom stereocenters. The van der Waals surface area contributed by atoms with Crippen LogP contribution >= 0.6 is 12.2 Å². The number of amides is 1. The molecule has 3 heterocycles. The molecule has 0 bridgehead atoms. The first-order valence-electron chi connectivity index (χ1n) is 11.7. The fourth-order valence-corrected chi connectivity index (χ4v) is 5.01. The van der Waals surface area contributed by atoms with Gasteiger partial charge in [0.05, 0.1) is 30.1 Å². The van der Waals surface area contributed by atoms with Crippen molar-refractivity contribution in [2.24, 2.45) is 0 Å². The quantitative estimate of drug-likeness (QED) is 0.284. The number of hydrogen-bond acceptors (Lipinski definition) is 5. The second-order valence-corrected chi connectivity index (χ2v) is 8.92. The van der Waals surface area contributed by atoms with Crippen molar-refractivity contribution in [1.82, 2.24) is 14.9 Å². The fraction of sp³-hybridized carbons (Fsp3) is 0.143. The molecule has 0 aliphatic carbocycles. The van der Waals surface area contributed by atoms with Gasteiger partial charge in [0.25, 0.3) is 0 Å². The van der Waals surface area contributed by atoms with Crippen LogP contribution in [0.3, 0.4) is 0 Å². The topological polar surface area (TPSA) is 88.5 Å². The van der Waals surface area contributed by atoms with Crippen LogP contribution in [-0.2, 0) is 9.53 Å². The van der Waals surface area contributed by atoms with Crippen LogP contribution in [-0.4, -0.2) is 33.6 Å². The largest absolute Gasteiger partial charge is 0.465 e. The van der Waals surface area contributed by atoms with Gasteiger partial charge < -0.3 is 24.8 Å². The van der Waals surface area contributed by atoms with E-state index in [2.05, 4.69) is 15.6 Å². The summed E-state index contributed by atoms with van der Waals surface area (Å²) in [6.07, 6.45) is 3.68. The molecule has 4 aromatic rings. The molecule has 37 heavy (non-hydrogen) atoms. The summed E-state index contributed by atoms with van der Waals surface area (Å²) in [5.74, 6) is -0.552. The fourth-order valence-electron chi connectivity index (χ4n) is 4.66. The number of rotatable bonds is 6. The van der Waals surface area contributed by atoms with Crippen molar-refractivity contribution in [3.05, 3.63) is 108 Å². The van der Waals surface area contributed by atoms with E-state index in [1.807, 2.05) is 88.5 Å². The van der Waals surface area contributed by atoms with Gasteiger partial charge in [-0.15, -0.1) is 0 Å². The molecule has 1 amide bonds. The Bertz CT molecular complexity index is 1450. The molecule has 2 aromatic heterocycles. The van der Waals surface area contributed by atoms with Crippen LogP contribution in [0.1, 0.15) is 40.8 Å². The van der Waals surface area contributed by atoms with E-state index < -0.39 is 5.97 Å². The van der Waals surface area contributed by atoms with Crippen molar-refractivity contribution < 1.29 is 14.3 Å². The Balaban J connectivity index is 1.64. The van der Waals surface area contributed by atoms with Crippen LogP contribution in [0, 0.1) is 0 Å². The molecule has 2 atom stereocenters. The SMILES string of the molecule is COC(=O)c1ccccc1-n1cccc1[C@H]1[C@@H](c2ccccn2)NC(=S)N1c1ccc(NC(C)=O)cc1. The standard InChI is InChI=1S/C28H25N5O3S/c1-18(34)30-19-12-14-20(15-13-19)33-26(25(31-28(33)37)22-9-5-6-16-29-22)24-11-7-17-32(24)23-10-4-3-8-21(23)27(35)36-2/h3-17,25-26H,1-2H3,(H,30,34)(H,31,37)/t25-,26+/m1/s1. The molecule has 1 aliphatic heterocycles. The third-order valence-corrected chi connectivity index (χ3v) is 6.53. The molecule has 1 saturated heterocycles. The average Bonchev–Trinajstić information content (AvgIpc) is 3.53. The highest BCUT2D eigenvalue weighted by molar-refractivity contribution is 7.80. The van der Waals surface area contributed by atoms with Gasteiger partial charge in [0, 0.05) is 36.4 Å². The summed E-state index contributed by atoms with van der Waals surface area (Å²) in [6.45, 7) is 1.47. The number of benzene rings is 2. The van der Waals surface area contributed by atoms with E-state index in [-0.39, 0.29) is 18.0 Å². The van der Waals surface area contributed by atoms with Crippen LogP contribution in [0.5, 0.6) is 0 Å². The van der Waals surface area contributed by atoms with Gasteiger partial charge in [0.15, 0.2) is 5.11 Å². The van der Waals surface area contributed by atoms with Crippen LogP contribution in [0.4, 0.5) is 11.4 Å². The second kappa shape index (κ2) is 10.2. The number of esters is 1. The van der Waals surface area contributed by atoms with Gasteiger partial charge in [-0.25, -0.2) is 4.79 Å². The van der Waals surface area contributed by atoms with Gasteiger partial charge in [0.2, 0.25) is 5.91 Å². The number of methoxy groups -OCH3 is 1. The van der Waals surface area contributed by atoms with E-state index in [0.29, 0.717) is 22.1 Å². The Hall–Kier alpha value is -4.50. The number of para-hydroxylation sites is 1. The van der Waals surface area contributed by atoms with Crippen LogP contribution in [0.15, 0.2) is 91.3 Å². The maximum atomic E-state index is 12.6. The molecular weight excluding hydrogens is 486 g/mol. The summed E-state index contributed by atoms with van der Waals surface area (Å²) in [4.78, 5) is 30.7. The number of nitrogens with zero attached hydrogens (tertiary/aromatic N) is 3. The number of anilines is 2. The number of aromatic nitrogens is 2. The van der Waals surface area contributed by atoms with Crippen molar-refractivity contribution in [1.29, 1.82) is 0 Å². The molecule has 2 N–H and O–H groups in total. The summed E-state index contributed by atoms with van der Waals surface area (Å²) in [7, 11) is 1.37. The van der Waals surface area contributed by atoms with E-state index in [9.17, 15) is 9.59 Å². The van der Waals surface area contributed by atoms with Crippen molar-refractivity contribution >= 4 is 40.6 Å². The minimum atomic E-state index is -0.415. The van der Waals surface area contributed by atoms with E-state index in [4.69, 9.17) is 17.0 Å². The summed E-state index contributed by atoms with van der Waals surface area (Å²) in [5.41, 5.74) is 4.45. The van der Waals surface area contributed by atoms with Crippen molar-refractivity contribution in [3.8, 4) is 5.69 Å². The first-order valence-corrected chi connectivity index (χ1v) is 12.1. The van der Waals surface area contributed by atoms with Gasteiger partial charge in [0.1, 0.15) is 6.04 Å². The zero-order valence-corrected chi connectivity index (χ0v) is 21.1. The number of nitrogens with one attached hydrogen (secondary N) is 2. The van der Waals surface area contributed by atoms with Crippen molar-refractivity contribution in [3.63, 3.8) is 0 Å². The maximum Gasteiger partial charge on any atom is 0.339 e. The molecular formula is C28H25N5O3S. The second-order valence-electron chi connectivity index (χ2n) is 8.54. The van der Waals surface area contributed by atoms with E-state index in [1.165, 1.54) is 14.0 Å². The number of thiocarbonyl (C=S) groups is 1. The molecule has 2 aromatic carbocycles. The van der Waals surface area contributed by atoms with Gasteiger partial charge in [-0.2, -0.15) is 0 Å². The Labute approximate surface area is 219 Å². The molecule has 1 aliphatic rings. The van der Waals surface area contributed by atoms with E-state index in [1.54, 1.807) is 12.3 Å². The third kappa shape index (κ3) is 4.68. The first-order chi connectivity index (χ1) is 18.0. The summed E-state index contributed by atoms with van der Waals surface area (Å²) < 4.78 is 7.03. The first kappa shape index (κ1) is 24.2. The molecule has 9 heteroatoms. The predicted molar refractivity (Wildman–Crippen MR) is 146 cm³/mol. The Morgan fingerprint density at radius 3 is 2.46 bits per heavy atom. The van der Waals surface area contributed by atoms with Crippen molar-refractivity contribution in [2.45, 2.75) is 19.0 Å². The lowest BCUT2D eigenvalue weighted by Crippen LogP contribution is -2.30.